The Balaban J connectivity index is 3.01. The molecule has 0 aromatic heterocycles. The summed E-state index contributed by atoms with van der Waals surface area (Å²) in [6.45, 7) is 2.25. The summed E-state index contributed by atoms with van der Waals surface area (Å²) in [6, 6.07) is 4.98. The molecule has 0 saturated heterocycles. The Morgan fingerprint density at radius 3 is 2.72 bits per heavy atom. The molecule has 4 N–H and O–H groups in total. The topological polar surface area (TPSA) is 84.2 Å². The van der Waals surface area contributed by atoms with E-state index in [0.717, 1.165) is 4.47 Å². The molecule has 0 radical (unpaired) electrons. The van der Waals surface area contributed by atoms with Gasteiger partial charge in [0.1, 0.15) is 4.99 Å². The van der Waals surface area contributed by atoms with Crippen LogP contribution in [0.15, 0.2) is 22.7 Å². The van der Waals surface area contributed by atoms with Gasteiger partial charge in [-0.25, -0.2) is 0 Å². The number of nitrogens with two attached hydrogens (primary N) is 1. The second-order valence-corrected chi connectivity index (χ2v) is 6.41. The molecule has 8 heteroatoms. The van der Waals surface area contributed by atoms with E-state index in [0.29, 0.717) is 24.2 Å². The Morgan fingerprint density at radius 1 is 1.50 bits per heavy atom. The van der Waals surface area contributed by atoms with Crippen molar-refractivity contribution in [3.8, 4) is 0 Å². The van der Waals surface area contributed by atoms with Crippen LogP contribution in [0, 0.1) is 0 Å². The van der Waals surface area contributed by atoms with Crippen molar-refractivity contribution in [2.75, 3.05) is 11.3 Å². The minimum Gasteiger partial charge on any atom is -0.389 e. The number of hydrogen-bond acceptors (Lipinski definition) is 3. The molecule has 1 rings (SSSR count). The van der Waals surface area contributed by atoms with Gasteiger partial charge in [0.05, 0.1) is 5.69 Å². The van der Waals surface area contributed by atoms with Gasteiger partial charge < -0.3 is 5.73 Å². The predicted octanol–water partition coefficient (Wildman–Crippen LogP) is 1.74. The Bertz CT molecular complexity index is 546. The standard InChI is InChI=1S/C10H14BrN3O2S2/c1-2-5-13-18(15,16)14-9-4-3-7(11)6-8(9)10(12)17/h3-4,6,13-14H,2,5H2,1H3,(H2,12,17). The summed E-state index contributed by atoms with van der Waals surface area (Å²) in [5, 5.41) is 0. The van der Waals surface area contributed by atoms with E-state index in [1.54, 1.807) is 18.2 Å². The highest BCUT2D eigenvalue weighted by Crippen LogP contribution is 2.21. The van der Waals surface area contributed by atoms with Crippen molar-refractivity contribution in [1.29, 1.82) is 0 Å². The largest absolute Gasteiger partial charge is 0.389 e. The van der Waals surface area contributed by atoms with Crippen LogP contribution in [-0.2, 0) is 10.2 Å². The van der Waals surface area contributed by atoms with E-state index in [1.165, 1.54) is 0 Å². The van der Waals surface area contributed by atoms with Gasteiger partial charge in [0.25, 0.3) is 10.2 Å². The highest BCUT2D eigenvalue weighted by Gasteiger charge is 2.13. The van der Waals surface area contributed by atoms with Crippen molar-refractivity contribution in [3.63, 3.8) is 0 Å². The molecule has 0 amide bonds. The second-order valence-electron chi connectivity index (χ2n) is 3.55. The molecular weight excluding hydrogens is 338 g/mol. The maximum atomic E-state index is 11.7. The number of anilines is 1. The van der Waals surface area contributed by atoms with Gasteiger partial charge in [0.15, 0.2) is 0 Å². The van der Waals surface area contributed by atoms with Crippen molar-refractivity contribution in [3.05, 3.63) is 28.2 Å². The fourth-order valence-corrected chi connectivity index (χ4v) is 2.77. The summed E-state index contributed by atoms with van der Waals surface area (Å²) in [5.41, 5.74) is 6.39. The quantitative estimate of drug-likeness (QED) is 0.681. The van der Waals surface area contributed by atoms with Crippen LogP contribution in [0.1, 0.15) is 18.9 Å². The van der Waals surface area contributed by atoms with Crippen molar-refractivity contribution in [2.45, 2.75) is 13.3 Å². The minimum absolute atomic E-state index is 0.129. The first-order valence-electron chi connectivity index (χ1n) is 5.22. The van der Waals surface area contributed by atoms with Gasteiger partial charge in [-0.2, -0.15) is 13.1 Å². The Hall–Kier alpha value is -0.700. The van der Waals surface area contributed by atoms with Crippen LogP contribution in [0.2, 0.25) is 0 Å². The van der Waals surface area contributed by atoms with Crippen molar-refractivity contribution >= 4 is 49.0 Å². The third-order valence-corrected chi connectivity index (χ3v) is 3.82. The summed E-state index contributed by atoms with van der Waals surface area (Å²) < 4.78 is 29.0. The fourth-order valence-electron chi connectivity index (χ4n) is 1.23. The fraction of sp³-hybridized carbons (Fsp3) is 0.300. The number of hydrogen-bond donors (Lipinski definition) is 3. The number of rotatable bonds is 6. The van der Waals surface area contributed by atoms with Gasteiger partial charge in [-0.15, -0.1) is 0 Å². The van der Waals surface area contributed by atoms with Crippen molar-refractivity contribution in [2.24, 2.45) is 5.73 Å². The monoisotopic (exact) mass is 351 g/mol. The van der Waals surface area contributed by atoms with Gasteiger partial charge in [0, 0.05) is 16.6 Å². The lowest BCUT2D eigenvalue weighted by atomic mass is 10.2. The van der Waals surface area contributed by atoms with Gasteiger partial charge >= 0.3 is 0 Å². The average Bonchev–Trinajstić information content (AvgIpc) is 2.28. The maximum Gasteiger partial charge on any atom is 0.299 e. The molecule has 0 fully saturated rings. The third-order valence-electron chi connectivity index (χ3n) is 2.03. The van der Waals surface area contributed by atoms with E-state index >= 15 is 0 Å². The zero-order chi connectivity index (χ0) is 13.8. The van der Waals surface area contributed by atoms with Crippen molar-refractivity contribution in [1.82, 2.24) is 4.72 Å². The molecule has 0 atom stereocenters. The van der Waals surface area contributed by atoms with Gasteiger partial charge in [0.2, 0.25) is 0 Å². The Labute approximate surface area is 120 Å². The zero-order valence-electron chi connectivity index (χ0n) is 9.73. The molecule has 0 spiro atoms. The molecule has 5 nitrogen and oxygen atoms in total. The lowest BCUT2D eigenvalue weighted by molar-refractivity contribution is 0.586. The van der Waals surface area contributed by atoms with E-state index < -0.39 is 10.2 Å². The van der Waals surface area contributed by atoms with Gasteiger partial charge in [-0.3, -0.25) is 4.72 Å². The summed E-state index contributed by atoms with van der Waals surface area (Å²) in [7, 11) is -3.60. The SMILES string of the molecule is CCCNS(=O)(=O)Nc1ccc(Br)cc1C(N)=S. The summed E-state index contributed by atoms with van der Waals surface area (Å²) in [6.07, 6.45) is 0.712. The maximum absolute atomic E-state index is 11.7. The highest BCUT2D eigenvalue weighted by atomic mass is 79.9. The van der Waals surface area contributed by atoms with E-state index in [9.17, 15) is 8.42 Å². The minimum atomic E-state index is -3.60. The summed E-state index contributed by atoms with van der Waals surface area (Å²) >= 11 is 8.17. The van der Waals surface area contributed by atoms with E-state index in [-0.39, 0.29) is 4.99 Å². The lowest BCUT2D eigenvalue weighted by Gasteiger charge is -2.12. The first kappa shape index (κ1) is 15.4. The second kappa shape index (κ2) is 6.46. The molecule has 0 bridgehead atoms. The first-order chi connectivity index (χ1) is 8.35. The molecular formula is C10H14BrN3O2S2. The smallest absolute Gasteiger partial charge is 0.299 e. The number of nitrogens with one attached hydrogen (secondary N) is 2. The molecule has 1 aromatic carbocycles. The molecule has 0 aliphatic heterocycles. The Kier molecular flexibility index (Phi) is 5.51. The van der Waals surface area contributed by atoms with Crippen LogP contribution in [-0.4, -0.2) is 20.0 Å². The zero-order valence-corrected chi connectivity index (χ0v) is 13.0. The van der Waals surface area contributed by atoms with Gasteiger partial charge in [-0.1, -0.05) is 35.1 Å². The number of thiocarbonyl (C=S) groups is 1. The molecule has 0 heterocycles. The molecule has 0 saturated carbocycles. The lowest BCUT2D eigenvalue weighted by Crippen LogP contribution is -2.31. The van der Waals surface area contributed by atoms with E-state index in [1.807, 2.05) is 6.92 Å². The van der Waals surface area contributed by atoms with Gasteiger partial charge in [-0.05, 0) is 24.6 Å². The highest BCUT2D eigenvalue weighted by molar-refractivity contribution is 9.10. The van der Waals surface area contributed by atoms with Crippen LogP contribution in [0.4, 0.5) is 5.69 Å². The van der Waals surface area contributed by atoms with Crippen LogP contribution in [0.5, 0.6) is 0 Å². The normalized spacial score (nSPS) is 11.2. The molecule has 0 unspecified atom stereocenters. The predicted molar refractivity (Wildman–Crippen MR) is 80.9 cm³/mol. The number of halogens is 1. The third kappa shape index (κ3) is 4.52. The first-order valence-corrected chi connectivity index (χ1v) is 7.91. The van der Waals surface area contributed by atoms with Crippen molar-refractivity contribution < 1.29 is 8.42 Å². The van der Waals surface area contributed by atoms with Crippen LogP contribution >= 0.6 is 28.1 Å². The summed E-state index contributed by atoms with van der Waals surface area (Å²) in [4.78, 5) is 0.129. The van der Waals surface area contributed by atoms with E-state index in [4.69, 9.17) is 18.0 Å². The molecule has 1 aromatic rings. The molecule has 100 valence electrons. The summed E-state index contributed by atoms with van der Waals surface area (Å²) in [5.74, 6) is 0. The van der Waals surface area contributed by atoms with Crippen LogP contribution in [0.25, 0.3) is 0 Å². The van der Waals surface area contributed by atoms with Crippen LogP contribution < -0.4 is 15.2 Å². The number of benzene rings is 1. The molecule has 18 heavy (non-hydrogen) atoms. The average molecular weight is 352 g/mol. The molecule has 0 aliphatic carbocycles. The molecule has 0 aliphatic rings. The van der Waals surface area contributed by atoms with Crippen LogP contribution in [0.3, 0.4) is 0 Å². The van der Waals surface area contributed by atoms with E-state index in [2.05, 4.69) is 25.4 Å². The Morgan fingerprint density at radius 2 is 2.17 bits per heavy atom.